The van der Waals surface area contributed by atoms with Gasteiger partial charge in [-0.05, 0) is 56.3 Å². The van der Waals surface area contributed by atoms with Gasteiger partial charge in [0.2, 0.25) is 0 Å². The highest BCUT2D eigenvalue weighted by Crippen LogP contribution is 2.28. The third-order valence-corrected chi connectivity index (χ3v) is 4.60. The van der Waals surface area contributed by atoms with Crippen molar-refractivity contribution in [3.63, 3.8) is 0 Å². The Morgan fingerprint density at radius 2 is 2.00 bits per heavy atom. The zero-order chi connectivity index (χ0) is 14.8. The molecule has 0 unspecified atom stereocenters. The summed E-state index contributed by atoms with van der Waals surface area (Å²) in [5.74, 6) is 0.752. The molecule has 2 fully saturated rings. The number of aromatic hydroxyl groups is 1. The van der Waals surface area contributed by atoms with E-state index in [1.54, 1.807) is 11.0 Å². The van der Waals surface area contributed by atoms with E-state index in [1.807, 2.05) is 0 Å². The lowest BCUT2D eigenvalue weighted by atomic mass is 10.0. The smallest absolute Gasteiger partial charge is 0.257 e. The van der Waals surface area contributed by atoms with Crippen molar-refractivity contribution in [3.8, 4) is 5.75 Å². The molecule has 1 amide bonds. The normalized spacial score (nSPS) is 19.8. The summed E-state index contributed by atoms with van der Waals surface area (Å²) >= 11 is 5.91. The van der Waals surface area contributed by atoms with Crippen molar-refractivity contribution in [1.29, 1.82) is 0 Å². The van der Waals surface area contributed by atoms with E-state index in [0.29, 0.717) is 16.6 Å². The van der Waals surface area contributed by atoms with Gasteiger partial charge in [-0.1, -0.05) is 11.6 Å². The maximum absolute atomic E-state index is 12.4. The molecule has 0 spiro atoms. The standard InChI is InChI=1S/C16H21ClN2O2/c17-12-3-4-15(20)14(9-12)16(21)19-7-5-13(6-8-19)18-10-11-1-2-11/h3-4,9,11,13,18,20H,1-2,5-8,10H2. The molecule has 1 saturated carbocycles. The number of hydrogen-bond acceptors (Lipinski definition) is 3. The van der Waals surface area contributed by atoms with Crippen molar-refractivity contribution >= 4 is 17.5 Å². The van der Waals surface area contributed by atoms with Crippen molar-refractivity contribution in [1.82, 2.24) is 10.2 Å². The molecule has 0 bridgehead atoms. The van der Waals surface area contributed by atoms with E-state index >= 15 is 0 Å². The van der Waals surface area contributed by atoms with Crippen LogP contribution in [0.3, 0.4) is 0 Å². The number of piperidine rings is 1. The van der Waals surface area contributed by atoms with E-state index in [4.69, 9.17) is 11.6 Å². The first kappa shape index (κ1) is 14.7. The van der Waals surface area contributed by atoms with Gasteiger partial charge < -0.3 is 15.3 Å². The van der Waals surface area contributed by atoms with Crippen molar-refractivity contribution in [2.45, 2.75) is 31.7 Å². The van der Waals surface area contributed by atoms with Crippen molar-refractivity contribution in [2.75, 3.05) is 19.6 Å². The van der Waals surface area contributed by atoms with Gasteiger partial charge >= 0.3 is 0 Å². The summed E-state index contributed by atoms with van der Waals surface area (Å²) in [6, 6.07) is 5.11. The first-order valence-corrected chi connectivity index (χ1v) is 8.02. The number of hydrogen-bond donors (Lipinski definition) is 2. The van der Waals surface area contributed by atoms with Crippen LogP contribution in [-0.4, -0.2) is 41.6 Å². The highest BCUT2D eigenvalue weighted by atomic mass is 35.5. The number of carbonyl (C=O) groups excluding carboxylic acids is 1. The van der Waals surface area contributed by atoms with Crippen LogP contribution in [0.25, 0.3) is 0 Å². The summed E-state index contributed by atoms with van der Waals surface area (Å²) in [4.78, 5) is 14.2. The number of nitrogens with zero attached hydrogens (tertiary/aromatic N) is 1. The lowest BCUT2D eigenvalue weighted by Gasteiger charge is -2.32. The second-order valence-electron chi connectivity index (χ2n) is 6.08. The molecule has 1 aromatic rings. The lowest BCUT2D eigenvalue weighted by Crippen LogP contribution is -2.45. The van der Waals surface area contributed by atoms with Gasteiger partial charge in [0, 0.05) is 24.2 Å². The molecule has 4 nitrogen and oxygen atoms in total. The molecule has 0 aromatic heterocycles. The van der Waals surface area contributed by atoms with Crippen LogP contribution < -0.4 is 5.32 Å². The van der Waals surface area contributed by atoms with E-state index < -0.39 is 0 Å². The summed E-state index contributed by atoms with van der Waals surface area (Å²) in [7, 11) is 0. The molecule has 1 aliphatic carbocycles. The average molecular weight is 309 g/mol. The summed E-state index contributed by atoms with van der Waals surface area (Å²) in [5, 5.41) is 13.9. The number of nitrogens with one attached hydrogen (secondary N) is 1. The van der Waals surface area contributed by atoms with E-state index in [9.17, 15) is 9.90 Å². The zero-order valence-corrected chi connectivity index (χ0v) is 12.8. The molecule has 1 heterocycles. The van der Waals surface area contributed by atoms with Gasteiger partial charge in [-0.2, -0.15) is 0 Å². The maximum atomic E-state index is 12.4. The molecule has 5 heteroatoms. The topological polar surface area (TPSA) is 52.6 Å². The second kappa shape index (κ2) is 6.24. The quantitative estimate of drug-likeness (QED) is 0.899. The molecule has 1 saturated heterocycles. The van der Waals surface area contributed by atoms with Gasteiger partial charge in [0.05, 0.1) is 5.56 Å². The van der Waals surface area contributed by atoms with Gasteiger partial charge in [-0.25, -0.2) is 0 Å². The largest absolute Gasteiger partial charge is 0.507 e. The Labute approximate surface area is 130 Å². The van der Waals surface area contributed by atoms with Crippen molar-refractivity contribution in [2.24, 2.45) is 5.92 Å². The van der Waals surface area contributed by atoms with Gasteiger partial charge in [-0.15, -0.1) is 0 Å². The van der Waals surface area contributed by atoms with Crippen molar-refractivity contribution in [3.05, 3.63) is 28.8 Å². The molecule has 2 N–H and O–H groups in total. The van der Waals surface area contributed by atoms with Crippen LogP contribution in [0, 0.1) is 5.92 Å². The minimum Gasteiger partial charge on any atom is -0.507 e. The molecular weight excluding hydrogens is 288 g/mol. The number of phenols is 1. The van der Waals surface area contributed by atoms with Crippen LogP contribution in [0.2, 0.25) is 5.02 Å². The third kappa shape index (κ3) is 3.69. The number of benzene rings is 1. The fraction of sp³-hybridized carbons (Fsp3) is 0.562. The predicted molar refractivity (Wildman–Crippen MR) is 82.8 cm³/mol. The molecule has 2 aliphatic rings. The Bertz CT molecular complexity index is 523. The average Bonchev–Trinajstić information content (AvgIpc) is 3.32. The van der Waals surface area contributed by atoms with Crippen LogP contribution in [0.1, 0.15) is 36.0 Å². The third-order valence-electron chi connectivity index (χ3n) is 4.36. The van der Waals surface area contributed by atoms with E-state index in [1.165, 1.54) is 25.0 Å². The summed E-state index contributed by atoms with van der Waals surface area (Å²) < 4.78 is 0. The van der Waals surface area contributed by atoms with Crippen LogP contribution in [0.15, 0.2) is 18.2 Å². The number of halogens is 1. The number of rotatable bonds is 4. The van der Waals surface area contributed by atoms with E-state index in [0.717, 1.165) is 38.4 Å². The van der Waals surface area contributed by atoms with Crippen LogP contribution in [0.5, 0.6) is 5.75 Å². The molecule has 114 valence electrons. The molecular formula is C16H21ClN2O2. The predicted octanol–water partition coefficient (Wildman–Crippen LogP) is 2.65. The fourth-order valence-corrected chi connectivity index (χ4v) is 2.96. The zero-order valence-electron chi connectivity index (χ0n) is 12.0. The molecule has 0 atom stereocenters. The molecule has 1 aliphatic heterocycles. The van der Waals surface area contributed by atoms with E-state index in [2.05, 4.69) is 5.32 Å². The van der Waals surface area contributed by atoms with Crippen LogP contribution in [-0.2, 0) is 0 Å². The Balaban J connectivity index is 1.55. The molecule has 21 heavy (non-hydrogen) atoms. The van der Waals surface area contributed by atoms with Gasteiger partial charge in [0.25, 0.3) is 5.91 Å². The lowest BCUT2D eigenvalue weighted by molar-refractivity contribution is 0.0702. The fourth-order valence-electron chi connectivity index (χ4n) is 2.79. The first-order valence-electron chi connectivity index (χ1n) is 7.64. The Morgan fingerprint density at radius 1 is 1.29 bits per heavy atom. The Kier molecular flexibility index (Phi) is 4.36. The highest BCUT2D eigenvalue weighted by molar-refractivity contribution is 6.31. The molecule has 3 rings (SSSR count). The van der Waals surface area contributed by atoms with E-state index in [-0.39, 0.29) is 11.7 Å². The minimum atomic E-state index is -0.129. The van der Waals surface area contributed by atoms with Crippen LogP contribution in [0.4, 0.5) is 0 Å². The Morgan fingerprint density at radius 3 is 2.67 bits per heavy atom. The van der Waals surface area contributed by atoms with Crippen molar-refractivity contribution < 1.29 is 9.90 Å². The number of amides is 1. The number of carbonyl (C=O) groups is 1. The van der Waals surface area contributed by atoms with Gasteiger partial charge in [0.1, 0.15) is 5.75 Å². The first-order chi connectivity index (χ1) is 10.1. The SMILES string of the molecule is O=C(c1cc(Cl)ccc1O)N1CCC(NCC2CC2)CC1. The van der Waals surface area contributed by atoms with Gasteiger partial charge in [0.15, 0.2) is 0 Å². The molecule has 1 aromatic carbocycles. The number of likely N-dealkylation sites (tertiary alicyclic amines) is 1. The summed E-state index contributed by atoms with van der Waals surface area (Å²) in [6.45, 7) is 2.58. The van der Waals surface area contributed by atoms with Gasteiger partial charge in [-0.3, -0.25) is 4.79 Å². The monoisotopic (exact) mass is 308 g/mol. The maximum Gasteiger partial charge on any atom is 0.257 e. The second-order valence-corrected chi connectivity index (χ2v) is 6.52. The Hall–Kier alpha value is -1.26. The summed E-state index contributed by atoms with van der Waals surface area (Å²) in [5.41, 5.74) is 0.298. The molecule has 0 radical (unpaired) electrons. The highest BCUT2D eigenvalue weighted by Gasteiger charge is 2.27. The number of phenolic OH excluding ortho intramolecular Hbond substituents is 1. The summed E-state index contributed by atoms with van der Waals surface area (Å²) in [6.07, 6.45) is 4.66. The minimum absolute atomic E-state index is 0.00150. The van der Waals surface area contributed by atoms with Crippen LogP contribution >= 0.6 is 11.6 Å².